The van der Waals surface area contributed by atoms with E-state index in [1.165, 1.54) is 44.3 Å². The molecule has 0 heterocycles. The average Bonchev–Trinajstić information content (AvgIpc) is 2.46. The van der Waals surface area contributed by atoms with Crippen LogP contribution >= 0.6 is 0 Å². The van der Waals surface area contributed by atoms with Crippen molar-refractivity contribution < 1.29 is 0 Å². The first-order valence-electron chi connectivity index (χ1n) is 8.74. The highest BCUT2D eigenvalue weighted by Crippen LogP contribution is 2.40. The van der Waals surface area contributed by atoms with Crippen LogP contribution in [0.25, 0.3) is 0 Å². The second-order valence-corrected chi connectivity index (χ2v) is 6.98. The third-order valence-electron chi connectivity index (χ3n) is 5.75. The molecule has 1 saturated carbocycles. The van der Waals surface area contributed by atoms with Crippen molar-refractivity contribution in [3.63, 3.8) is 0 Å². The Labute approximate surface area is 129 Å². The highest BCUT2D eigenvalue weighted by atomic mass is 15.2. The molecule has 0 spiro atoms. The van der Waals surface area contributed by atoms with Crippen molar-refractivity contribution in [2.45, 2.75) is 57.5 Å². The standard InChI is InChI=1S/C19H30N2/c1-4-21(13-15-8-7-9-15)18-12-14(2)16-10-5-6-11-17(16)19(18)20-3/h5-6,10-11,14-15,18-20H,4,7-9,12-13H2,1-3H3. The fraction of sp³-hybridized carbons (Fsp3) is 0.684. The van der Waals surface area contributed by atoms with Gasteiger partial charge in [0.15, 0.2) is 0 Å². The van der Waals surface area contributed by atoms with Crippen molar-refractivity contribution in [2.75, 3.05) is 20.1 Å². The van der Waals surface area contributed by atoms with Gasteiger partial charge < -0.3 is 5.32 Å². The molecule has 2 aliphatic carbocycles. The fourth-order valence-electron chi connectivity index (χ4n) is 4.29. The van der Waals surface area contributed by atoms with Crippen molar-refractivity contribution in [1.29, 1.82) is 0 Å². The minimum absolute atomic E-state index is 0.484. The van der Waals surface area contributed by atoms with Crippen LogP contribution in [-0.2, 0) is 0 Å². The minimum atomic E-state index is 0.484. The van der Waals surface area contributed by atoms with Crippen LogP contribution in [0.4, 0.5) is 0 Å². The normalized spacial score (nSPS) is 29.2. The van der Waals surface area contributed by atoms with Gasteiger partial charge >= 0.3 is 0 Å². The van der Waals surface area contributed by atoms with Gasteiger partial charge in [0.05, 0.1) is 0 Å². The molecule has 1 aromatic rings. The Hall–Kier alpha value is -0.860. The summed E-state index contributed by atoms with van der Waals surface area (Å²) >= 11 is 0. The lowest BCUT2D eigenvalue weighted by Gasteiger charge is -2.45. The number of benzene rings is 1. The lowest BCUT2D eigenvalue weighted by molar-refractivity contribution is 0.0995. The molecule has 2 heteroatoms. The van der Waals surface area contributed by atoms with Crippen LogP contribution < -0.4 is 5.32 Å². The summed E-state index contributed by atoms with van der Waals surface area (Å²) in [6.07, 6.45) is 5.61. The van der Waals surface area contributed by atoms with Crippen LogP contribution in [0.2, 0.25) is 0 Å². The van der Waals surface area contributed by atoms with Gasteiger partial charge in [-0.25, -0.2) is 0 Å². The van der Waals surface area contributed by atoms with Crippen LogP contribution in [-0.4, -0.2) is 31.1 Å². The van der Waals surface area contributed by atoms with Gasteiger partial charge in [-0.1, -0.05) is 44.5 Å². The van der Waals surface area contributed by atoms with E-state index in [2.05, 4.69) is 55.4 Å². The highest BCUT2D eigenvalue weighted by Gasteiger charge is 2.36. The summed E-state index contributed by atoms with van der Waals surface area (Å²) in [5.41, 5.74) is 3.07. The van der Waals surface area contributed by atoms with Crippen molar-refractivity contribution in [3.05, 3.63) is 35.4 Å². The second-order valence-electron chi connectivity index (χ2n) is 6.98. The van der Waals surface area contributed by atoms with Gasteiger partial charge in [0.2, 0.25) is 0 Å². The molecule has 21 heavy (non-hydrogen) atoms. The van der Waals surface area contributed by atoms with Gasteiger partial charge in [0, 0.05) is 18.6 Å². The zero-order chi connectivity index (χ0) is 14.8. The van der Waals surface area contributed by atoms with E-state index in [0.29, 0.717) is 18.0 Å². The highest BCUT2D eigenvalue weighted by molar-refractivity contribution is 5.36. The molecule has 116 valence electrons. The first-order valence-corrected chi connectivity index (χ1v) is 8.74. The summed E-state index contributed by atoms with van der Waals surface area (Å²) in [7, 11) is 2.13. The van der Waals surface area contributed by atoms with E-state index in [4.69, 9.17) is 0 Å². The predicted molar refractivity (Wildman–Crippen MR) is 89.7 cm³/mol. The number of rotatable bonds is 5. The third-order valence-corrected chi connectivity index (χ3v) is 5.75. The van der Waals surface area contributed by atoms with E-state index in [1.54, 1.807) is 5.56 Å². The molecule has 0 aliphatic heterocycles. The van der Waals surface area contributed by atoms with E-state index in [9.17, 15) is 0 Å². The van der Waals surface area contributed by atoms with E-state index < -0.39 is 0 Å². The maximum atomic E-state index is 3.61. The zero-order valence-corrected chi connectivity index (χ0v) is 13.8. The average molecular weight is 286 g/mol. The van der Waals surface area contributed by atoms with E-state index in [0.717, 1.165) is 5.92 Å². The van der Waals surface area contributed by atoms with Gasteiger partial charge in [-0.2, -0.15) is 0 Å². The SMILES string of the molecule is CCN(CC1CCC1)C1CC(C)c2ccccc2C1NC. The molecule has 1 N–H and O–H groups in total. The summed E-state index contributed by atoms with van der Waals surface area (Å²) in [5.74, 6) is 1.63. The molecule has 1 fully saturated rings. The molecule has 0 saturated heterocycles. The van der Waals surface area contributed by atoms with Gasteiger partial charge in [-0.05, 0) is 55.8 Å². The topological polar surface area (TPSA) is 15.3 Å². The van der Waals surface area contributed by atoms with Gasteiger partial charge in [0.1, 0.15) is 0 Å². The molecule has 2 aliphatic rings. The van der Waals surface area contributed by atoms with E-state index in [-0.39, 0.29) is 0 Å². The number of hydrogen-bond acceptors (Lipinski definition) is 2. The molecular weight excluding hydrogens is 256 g/mol. The molecule has 3 atom stereocenters. The maximum Gasteiger partial charge on any atom is 0.0478 e. The molecule has 0 bridgehead atoms. The summed E-state index contributed by atoms with van der Waals surface area (Å²) < 4.78 is 0. The van der Waals surface area contributed by atoms with E-state index in [1.807, 2.05) is 0 Å². The van der Waals surface area contributed by atoms with E-state index >= 15 is 0 Å². The molecule has 1 aromatic carbocycles. The molecule has 0 amide bonds. The Balaban J connectivity index is 1.84. The number of nitrogens with one attached hydrogen (secondary N) is 1. The Bertz CT molecular complexity index is 466. The van der Waals surface area contributed by atoms with Crippen molar-refractivity contribution in [1.82, 2.24) is 10.2 Å². The Morgan fingerprint density at radius 1 is 1.19 bits per heavy atom. The Morgan fingerprint density at radius 2 is 1.90 bits per heavy atom. The van der Waals surface area contributed by atoms with Crippen molar-refractivity contribution in [3.8, 4) is 0 Å². The summed E-state index contributed by atoms with van der Waals surface area (Å²) in [6, 6.07) is 10.2. The molecule has 3 unspecified atom stereocenters. The van der Waals surface area contributed by atoms with Crippen LogP contribution in [0.5, 0.6) is 0 Å². The van der Waals surface area contributed by atoms with Gasteiger partial charge in [-0.15, -0.1) is 0 Å². The lowest BCUT2D eigenvalue weighted by atomic mass is 9.76. The maximum absolute atomic E-state index is 3.61. The molecule has 3 rings (SSSR count). The zero-order valence-electron chi connectivity index (χ0n) is 13.8. The predicted octanol–water partition coefficient (Wildman–Crippen LogP) is 3.94. The molecule has 2 nitrogen and oxygen atoms in total. The number of nitrogens with zero attached hydrogens (tertiary/aromatic N) is 1. The second kappa shape index (κ2) is 6.50. The first kappa shape index (κ1) is 15.1. The van der Waals surface area contributed by atoms with Crippen LogP contribution in [0.3, 0.4) is 0 Å². The third kappa shape index (κ3) is 2.89. The Kier molecular flexibility index (Phi) is 4.66. The Morgan fingerprint density at radius 3 is 2.48 bits per heavy atom. The van der Waals surface area contributed by atoms with Gasteiger partial charge in [-0.3, -0.25) is 4.90 Å². The quantitative estimate of drug-likeness (QED) is 0.882. The van der Waals surface area contributed by atoms with Crippen LogP contribution in [0.15, 0.2) is 24.3 Å². The monoisotopic (exact) mass is 286 g/mol. The van der Waals surface area contributed by atoms with Crippen molar-refractivity contribution >= 4 is 0 Å². The van der Waals surface area contributed by atoms with Crippen LogP contribution in [0.1, 0.15) is 62.6 Å². The first-order chi connectivity index (χ1) is 10.2. The number of fused-ring (bicyclic) bond motifs is 1. The summed E-state index contributed by atoms with van der Waals surface area (Å²) in [5, 5.41) is 3.61. The minimum Gasteiger partial charge on any atom is -0.312 e. The number of likely N-dealkylation sites (N-methyl/N-ethyl adjacent to an activating group) is 2. The largest absolute Gasteiger partial charge is 0.312 e. The number of hydrogen-bond donors (Lipinski definition) is 1. The molecular formula is C19H30N2. The lowest BCUT2D eigenvalue weighted by Crippen LogP contribution is -2.49. The van der Waals surface area contributed by atoms with Gasteiger partial charge in [0.25, 0.3) is 0 Å². The van der Waals surface area contributed by atoms with Crippen molar-refractivity contribution in [2.24, 2.45) is 5.92 Å². The van der Waals surface area contributed by atoms with Crippen LogP contribution in [0, 0.1) is 5.92 Å². The molecule has 0 radical (unpaired) electrons. The fourth-order valence-corrected chi connectivity index (χ4v) is 4.29. The summed E-state index contributed by atoms with van der Waals surface area (Å²) in [6.45, 7) is 7.20. The summed E-state index contributed by atoms with van der Waals surface area (Å²) in [4.78, 5) is 2.75. The smallest absolute Gasteiger partial charge is 0.0478 e. The molecule has 0 aromatic heterocycles.